The lowest BCUT2D eigenvalue weighted by Gasteiger charge is -2.07. The second-order valence-electron chi connectivity index (χ2n) is 2.06. The zero-order valence-electron chi connectivity index (χ0n) is 6.59. The van der Waals surface area contributed by atoms with E-state index in [1.807, 2.05) is 6.92 Å². The van der Waals surface area contributed by atoms with Gasteiger partial charge in [-0.25, -0.2) is 0 Å². The number of carbonyl (C=O) groups is 1. The van der Waals surface area contributed by atoms with Gasteiger partial charge in [-0.2, -0.15) is 0 Å². The smallest absolute Gasteiger partial charge is 0.164 e. The zero-order chi connectivity index (χ0) is 7.98. The number of hydrogen-bond donors (Lipinski definition) is 0. The monoisotopic (exact) mass is 142 g/mol. The molecule has 0 radical (unpaired) electrons. The summed E-state index contributed by atoms with van der Waals surface area (Å²) in [6.45, 7) is 7.69. The van der Waals surface area contributed by atoms with Gasteiger partial charge in [0.2, 0.25) is 0 Å². The Labute approximate surface area is 61.9 Å². The second-order valence-corrected chi connectivity index (χ2v) is 2.06. The lowest BCUT2D eigenvalue weighted by Crippen LogP contribution is -2.19. The minimum absolute atomic E-state index is 0.0943. The normalized spacial score (nSPS) is 12.6. The third-order valence-corrected chi connectivity index (χ3v) is 1.22. The van der Waals surface area contributed by atoms with Gasteiger partial charge in [-0.05, 0) is 13.8 Å². The topological polar surface area (TPSA) is 26.3 Å². The maximum Gasteiger partial charge on any atom is 0.164 e. The van der Waals surface area contributed by atoms with Crippen LogP contribution in [-0.4, -0.2) is 18.5 Å². The molecule has 0 aliphatic rings. The van der Waals surface area contributed by atoms with Crippen LogP contribution in [-0.2, 0) is 9.53 Å². The van der Waals surface area contributed by atoms with Crippen LogP contribution in [0.5, 0.6) is 0 Å². The quantitative estimate of drug-likeness (QED) is 0.544. The van der Waals surface area contributed by atoms with Crippen molar-refractivity contribution in [3.63, 3.8) is 0 Å². The van der Waals surface area contributed by atoms with E-state index in [0.29, 0.717) is 13.0 Å². The van der Waals surface area contributed by atoms with Crippen LogP contribution in [0, 0.1) is 0 Å². The van der Waals surface area contributed by atoms with Crippen LogP contribution in [0.2, 0.25) is 0 Å². The van der Waals surface area contributed by atoms with Crippen molar-refractivity contribution < 1.29 is 9.53 Å². The second kappa shape index (κ2) is 5.18. The highest BCUT2D eigenvalue weighted by Gasteiger charge is 2.09. The van der Waals surface area contributed by atoms with Gasteiger partial charge in [-0.1, -0.05) is 6.08 Å². The van der Waals surface area contributed by atoms with E-state index in [4.69, 9.17) is 4.74 Å². The van der Waals surface area contributed by atoms with Gasteiger partial charge in [0.1, 0.15) is 6.10 Å². The predicted octanol–water partition coefficient (Wildman–Crippen LogP) is 1.56. The first-order valence-electron chi connectivity index (χ1n) is 3.47. The standard InChI is InChI=1S/C8H14O2/c1-4-6-8(9)7(3)10-5-2/h4,7H,1,5-6H2,2-3H3. The highest BCUT2D eigenvalue weighted by atomic mass is 16.5. The number of rotatable bonds is 5. The zero-order valence-corrected chi connectivity index (χ0v) is 6.59. The molecule has 0 saturated heterocycles. The summed E-state index contributed by atoms with van der Waals surface area (Å²) in [7, 11) is 0. The molecule has 1 unspecified atom stereocenters. The third-order valence-electron chi connectivity index (χ3n) is 1.22. The van der Waals surface area contributed by atoms with Crippen molar-refractivity contribution in [3.8, 4) is 0 Å². The van der Waals surface area contributed by atoms with Crippen molar-refractivity contribution in [1.82, 2.24) is 0 Å². The number of carbonyl (C=O) groups excluding carboxylic acids is 1. The summed E-state index contributed by atoms with van der Waals surface area (Å²) in [5, 5.41) is 0. The molecule has 0 N–H and O–H groups in total. The van der Waals surface area contributed by atoms with Gasteiger partial charge in [0.25, 0.3) is 0 Å². The van der Waals surface area contributed by atoms with Gasteiger partial charge in [-0.15, -0.1) is 6.58 Å². The van der Waals surface area contributed by atoms with Gasteiger partial charge in [0.15, 0.2) is 5.78 Å². The molecule has 0 aliphatic carbocycles. The van der Waals surface area contributed by atoms with Gasteiger partial charge in [-0.3, -0.25) is 4.79 Å². The Morgan fingerprint density at radius 3 is 2.80 bits per heavy atom. The first-order chi connectivity index (χ1) is 4.72. The van der Waals surface area contributed by atoms with E-state index >= 15 is 0 Å². The van der Waals surface area contributed by atoms with Crippen LogP contribution < -0.4 is 0 Å². The van der Waals surface area contributed by atoms with Crippen molar-refractivity contribution in [2.24, 2.45) is 0 Å². The summed E-state index contributed by atoms with van der Waals surface area (Å²) in [6.07, 6.45) is 1.72. The number of ketones is 1. The molecule has 0 amide bonds. The Morgan fingerprint density at radius 2 is 2.40 bits per heavy atom. The van der Waals surface area contributed by atoms with E-state index in [1.165, 1.54) is 0 Å². The molecule has 0 saturated carbocycles. The Hall–Kier alpha value is -0.630. The maximum absolute atomic E-state index is 10.9. The van der Waals surface area contributed by atoms with Gasteiger partial charge >= 0.3 is 0 Å². The first-order valence-corrected chi connectivity index (χ1v) is 3.47. The average Bonchev–Trinajstić information content (AvgIpc) is 1.89. The van der Waals surface area contributed by atoms with E-state index in [9.17, 15) is 4.79 Å². The molecule has 1 atom stereocenters. The van der Waals surface area contributed by atoms with Crippen LogP contribution in [0.3, 0.4) is 0 Å². The van der Waals surface area contributed by atoms with Gasteiger partial charge in [0.05, 0.1) is 0 Å². The van der Waals surface area contributed by atoms with Gasteiger partial charge in [0, 0.05) is 13.0 Å². The van der Waals surface area contributed by atoms with Crippen molar-refractivity contribution >= 4 is 5.78 Å². The van der Waals surface area contributed by atoms with Crippen LogP contribution in [0.1, 0.15) is 20.3 Å². The number of allylic oxidation sites excluding steroid dienone is 1. The summed E-state index contributed by atoms with van der Waals surface area (Å²) in [5.41, 5.74) is 0. The van der Waals surface area contributed by atoms with E-state index < -0.39 is 0 Å². The molecule has 0 rings (SSSR count). The average molecular weight is 142 g/mol. The van der Waals surface area contributed by atoms with E-state index in [2.05, 4.69) is 6.58 Å². The van der Waals surface area contributed by atoms with Crippen LogP contribution in [0.15, 0.2) is 12.7 Å². The minimum Gasteiger partial charge on any atom is -0.371 e. The van der Waals surface area contributed by atoms with Crippen molar-refractivity contribution in [1.29, 1.82) is 0 Å². The van der Waals surface area contributed by atoms with E-state index in [0.717, 1.165) is 0 Å². The van der Waals surface area contributed by atoms with Gasteiger partial charge < -0.3 is 4.74 Å². The van der Waals surface area contributed by atoms with Crippen LogP contribution >= 0.6 is 0 Å². The fraction of sp³-hybridized carbons (Fsp3) is 0.625. The molecule has 0 heterocycles. The molecule has 2 heteroatoms. The summed E-state index contributed by atoms with van der Waals surface area (Å²) in [5.74, 6) is 0.0943. The Balaban J connectivity index is 3.58. The largest absolute Gasteiger partial charge is 0.371 e. The maximum atomic E-state index is 10.9. The highest BCUT2D eigenvalue weighted by molar-refractivity contribution is 5.83. The number of ether oxygens (including phenoxy) is 1. The summed E-state index contributed by atoms with van der Waals surface area (Å²) >= 11 is 0. The van der Waals surface area contributed by atoms with Crippen LogP contribution in [0.25, 0.3) is 0 Å². The Bertz CT molecular complexity index is 118. The van der Waals surface area contributed by atoms with Crippen molar-refractivity contribution in [2.75, 3.05) is 6.61 Å². The number of Topliss-reactive ketones (excluding diaryl/α,β-unsaturated/α-hetero) is 1. The molecule has 0 fully saturated rings. The molecule has 10 heavy (non-hydrogen) atoms. The molecule has 58 valence electrons. The van der Waals surface area contributed by atoms with E-state index in [-0.39, 0.29) is 11.9 Å². The fourth-order valence-electron chi connectivity index (χ4n) is 0.651. The molecule has 0 aromatic heterocycles. The SMILES string of the molecule is C=CCC(=O)C(C)OCC. The summed E-state index contributed by atoms with van der Waals surface area (Å²) in [6, 6.07) is 0. The Morgan fingerprint density at radius 1 is 1.80 bits per heavy atom. The molecule has 0 aliphatic heterocycles. The predicted molar refractivity (Wildman–Crippen MR) is 40.9 cm³/mol. The molecule has 0 aromatic carbocycles. The molecular formula is C8H14O2. The highest BCUT2D eigenvalue weighted by Crippen LogP contribution is 1.96. The lowest BCUT2D eigenvalue weighted by molar-refractivity contribution is -0.128. The molecular weight excluding hydrogens is 128 g/mol. The first kappa shape index (κ1) is 9.37. The summed E-state index contributed by atoms with van der Waals surface area (Å²) < 4.78 is 5.06. The molecule has 0 bridgehead atoms. The van der Waals surface area contributed by atoms with Crippen LogP contribution in [0.4, 0.5) is 0 Å². The third kappa shape index (κ3) is 3.41. The van der Waals surface area contributed by atoms with Crippen molar-refractivity contribution in [3.05, 3.63) is 12.7 Å². The number of hydrogen-bond acceptors (Lipinski definition) is 2. The molecule has 2 nitrogen and oxygen atoms in total. The van der Waals surface area contributed by atoms with Crippen molar-refractivity contribution in [2.45, 2.75) is 26.4 Å². The fourth-order valence-corrected chi connectivity index (χ4v) is 0.651. The van der Waals surface area contributed by atoms with E-state index in [1.54, 1.807) is 13.0 Å². The Kier molecular flexibility index (Phi) is 4.85. The lowest BCUT2D eigenvalue weighted by atomic mass is 10.2. The molecule has 0 spiro atoms. The minimum atomic E-state index is -0.275. The summed E-state index contributed by atoms with van der Waals surface area (Å²) in [4.78, 5) is 10.9. The molecule has 0 aromatic rings.